The lowest BCUT2D eigenvalue weighted by molar-refractivity contribution is -0.166. The third-order valence-electron chi connectivity index (χ3n) is 11.0. The van der Waals surface area contributed by atoms with Gasteiger partial charge in [-0.3, -0.25) is 14.4 Å². The maximum Gasteiger partial charge on any atom is 0.306 e. The number of hydrogen-bond donors (Lipinski definition) is 0. The Balaban J connectivity index is 4.46. The summed E-state index contributed by atoms with van der Waals surface area (Å²) in [5.41, 5.74) is 0. The van der Waals surface area contributed by atoms with Crippen LogP contribution in [0.15, 0.2) is 72.9 Å². The minimum absolute atomic E-state index is 0.0953. The number of allylic oxidation sites excluding steroid dienone is 12. The summed E-state index contributed by atoms with van der Waals surface area (Å²) in [6, 6.07) is 0. The fourth-order valence-corrected chi connectivity index (χ4v) is 7.12. The van der Waals surface area contributed by atoms with Crippen molar-refractivity contribution in [2.75, 3.05) is 13.2 Å². The van der Waals surface area contributed by atoms with Gasteiger partial charge in [-0.1, -0.05) is 241 Å². The third-order valence-corrected chi connectivity index (χ3v) is 11.0. The molecule has 0 aliphatic heterocycles. The first-order valence-corrected chi connectivity index (χ1v) is 25.9. The van der Waals surface area contributed by atoms with Gasteiger partial charge in [-0.05, 0) is 57.8 Å². The molecule has 0 aromatic rings. The van der Waals surface area contributed by atoms with Gasteiger partial charge in [0.15, 0.2) is 6.10 Å². The molecule has 0 radical (unpaired) electrons. The van der Waals surface area contributed by atoms with Crippen molar-refractivity contribution in [3.63, 3.8) is 0 Å². The highest BCUT2D eigenvalue weighted by Crippen LogP contribution is 2.15. The largest absolute Gasteiger partial charge is 0.462 e. The number of rotatable bonds is 46. The Kier molecular flexibility index (Phi) is 47.9. The fourth-order valence-electron chi connectivity index (χ4n) is 7.12. The number of esters is 3. The van der Waals surface area contributed by atoms with Gasteiger partial charge in [-0.2, -0.15) is 0 Å². The van der Waals surface area contributed by atoms with Crippen LogP contribution in [0.4, 0.5) is 0 Å². The molecule has 0 aromatic carbocycles. The molecule has 62 heavy (non-hydrogen) atoms. The average molecular weight is 865 g/mol. The maximum atomic E-state index is 12.8. The Morgan fingerprint density at radius 1 is 0.339 bits per heavy atom. The van der Waals surface area contributed by atoms with Crippen LogP contribution in [0.2, 0.25) is 0 Å². The van der Waals surface area contributed by atoms with Crippen molar-refractivity contribution in [1.82, 2.24) is 0 Å². The van der Waals surface area contributed by atoms with Crippen LogP contribution in [0.25, 0.3) is 0 Å². The number of carbonyl (C=O) groups excluding carboxylic acids is 3. The van der Waals surface area contributed by atoms with Gasteiger partial charge in [0.1, 0.15) is 13.2 Å². The summed E-state index contributed by atoms with van der Waals surface area (Å²) < 4.78 is 16.7. The number of unbranched alkanes of at least 4 members (excludes halogenated alkanes) is 23. The van der Waals surface area contributed by atoms with Crippen LogP contribution in [-0.2, 0) is 28.6 Å². The predicted molar refractivity (Wildman–Crippen MR) is 265 cm³/mol. The molecule has 0 saturated heterocycles. The first kappa shape index (κ1) is 58.9. The molecule has 0 spiro atoms. The van der Waals surface area contributed by atoms with E-state index in [1.54, 1.807) is 0 Å². The van der Waals surface area contributed by atoms with E-state index in [4.69, 9.17) is 14.2 Å². The van der Waals surface area contributed by atoms with Gasteiger partial charge in [0.25, 0.3) is 0 Å². The van der Waals surface area contributed by atoms with E-state index in [9.17, 15) is 14.4 Å². The molecule has 356 valence electrons. The number of carbonyl (C=O) groups is 3. The smallest absolute Gasteiger partial charge is 0.306 e. The molecule has 0 amide bonds. The lowest BCUT2D eigenvalue weighted by Crippen LogP contribution is -2.30. The zero-order valence-corrected chi connectivity index (χ0v) is 40.6. The molecule has 0 saturated carbocycles. The molecule has 0 bridgehead atoms. The zero-order chi connectivity index (χ0) is 45.1. The molecule has 0 aliphatic carbocycles. The predicted octanol–water partition coefficient (Wildman–Crippen LogP) is 17.0. The standard InChI is InChI=1S/C56H96O6/c1-4-7-10-13-16-19-22-25-26-27-28-29-30-32-35-37-40-43-46-49-55(58)61-52-53(62-56(59)50-47-44-41-38-33-24-21-18-15-12-9-6-3)51-60-54(57)48-45-42-39-36-34-31-23-20-17-14-11-8-5-2/h7,10,16,19,25-26,28-29,32,35,40,43,53H,4-6,8-9,11-15,17-18,20-24,27,30-31,33-34,36-39,41-42,44-52H2,1-3H3/b10-7-,19-16-,26-25-,29-28-,35-32-,43-40-/t53-/m0/s1. The van der Waals surface area contributed by atoms with E-state index in [1.807, 2.05) is 6.08 Å². The van der Waals surface area contributed by atoms with Crippen molar-refractivity contribution < 1.29 is 28.6 Å². The second-order valence-corrected chi connectivity index (χ2v) is 17.1. The van der Waals surface area contributed by atoms with Gasteiger partial charge >= 0.3 is 17.9 Å². The first-order chi connectivity index (χ1) is 30.5. The lowest BCUT2D eigenvalue weighted by atomic mass is 10.0. The van der Waals surface area contributed by atoms with Gasteiger partial charge in [0.05, 0.1) is 0 Å². The minimum atomic E-state index is -0.801. The van der Waals surface area contributed by atoms with Crippen molar-refractivity contribution >= 4 is 17.9 Å². The molecule has 0 aliphatic rings. The summed E-state index contributed by atoms with van der Waals surface area (Å²) in [6.07, 6.45) is 63.2. The molecule has 0 N–H and O–H groups in total. The van der Waals surface area contributed by atoms with Gasteiger partial charge in [-0.25, -0.2) is 0 Å². The molecule has 6 nitrogen and oxygen atoms in total. The molecule has 1 atom stereocenters. The van der Waals surface area contributed by atoms with E-state index in [1.165, 1.54) is 122 Å². The Hall–Kier alpha value is -3.15. The Morgan fingerprint density at radius 3 is 0.984 bits per heavy atom. The monoisotopic (exact) mass is 865 g/mol. The summed E-state index contributed by atoms with van der Waals surface area (Å²) in [4.78, 5) is 37.9. The maximum absolute atomic E-state index is 12.8. The molecule has 0 aromatic heterocycles. The molecule has 0 unspecified atom stereocenters. The van der Waals surface area contributed by atoms with Crippen molar-refractivity contribution in [2.45, 2.75) is 252 Å². The Morgan fingerprint density at radius 2 is 0.629 bits per heavy atom. The second kappa shape index (κ2) is 50.5. The molecule has 0 heterocycles. The molecular formula is C56H96O6. The van der Waals surface area contributed by atoms with E-state index >= 15 is 0 Å². The first-order valence-electron chi connectivity index (χ1n) is 25.9. The van der Waals surface area contributed by atoms with Crippen molar-refractivity contribution in [2.24, 2.45) is 0 Å². The molecule has 0 fully saturated rings. The van der Waals surface area contributed by atoms with Crippen LogP contribution in [0.1, 0.15) is 245 Å². The van der Waals surface area contributed by atoms with Crippen LogP contribution in [-0.4, -0.2) is 37.2 Å². The van der Waals surface area contributed by atoms with E-state index in [0.717, 1.165) is 77.0 Å². The zero-order valence-electron chi connectivity index (χ0n) is 40.6. The van der Waals surface area contributed by atoms with E-state index in [-0.39, 0.29) is 37.5 Å². The normalized spacial score (nSPS) is 12.6. The quantitative estimate of drug-likeness (QED) is 0.0262. The Labute approximate surface area is 382 Å². The van der Waals surface area contributed by atoms with Crippen LogP contribution in [0.5, 0.6) is 0 Å². The average Bonchev–Trinajstić information content (AvgIpc) is 3.27. The summed E-state index contributed by atoms with van der Waals surface area (Å²) in [5, 5.41) is 0. The lowest BCUT2D eigenvalue weighted by Gasteiger charge is -2.18. The van der Waals surface area contributed by atoms with Crippen molar-refractivity contribution in [3.05, 3.63) is 72.9 Å². The second-order valence-electron chi connectivity index (χ2n) is 17.1. The molecule has 0 rings (SSSR count). The van der Waals surface area contributed by atoms with E-state index in [2.05, 4.69) is 87.6 Å². The van der Waals surface area contributed by atoms with Gasteiger partial charge in [0.2, 0.25) is 0 Å². The molecule has 6 heteroatoms. The summed E-state index contributed by atoms with van der Waals surface area (Å²) in [6.45, 7) is 6.46. The van der Waals surface area contributed by atoms with Crippen LogP contribution >= 0.6 is 0 Å². The molecular weight excluding hydrogens is 769 g/mol. The minimum Gasteiger partial charge on any atom is -0.462 e. The summed E-state index contributed by atoms with van der Waals surface area (Å²) >= 11 is 0. The third kappa shape index (κ3) is 47.9. The Bertz CT molecular complexity index is 1180. The van der Waals surface area contributed by atoms with Gasteiger partial charge in [0, 0.05) is 19.3 Å². The van der Waals surface area contributed by atoms with Crippen molar-refractivity contribution in [3.8, 4) is 0 Å². The highest BCUT2D eigenvalue weighted by atomic mass is 16.6. The van der Waals surface area contributed by atoms with Crippen LogP contribution < -0.4 is 0 Å². The fraction of sp³-hybridized carbons (Fsp3) is 0.732. The topological polar surface area (TPSA) is 78.9 Å². The van der Waals surface area contributed by atoms with Gasteiger partial charge < -0.3 is 14.2 Å². The number of ether oxygens (including phenoxy) is 3. The van der Waals surface area contributed by atoms with E-state index in [0.29, 0.717) is 19.3 Å². The van der Waals surface area contributed by atoms with Crippen LogP contribution in [0, 0.1) is 0 Å². The van der Waals surface area contributed by atoms with Crippen molar-refractivity contribution in [1.29, 1.82) is 0 Å². The highest BCUT2D eigenvalue weighted by Gasteiger charge is 2.19. The SMILES string of the molecule is CC/C=C\C/C=C\C/C=C\C/C=C\C/C=C\C/C=C\CCC(=O)OC[C@H](COC(=O)CCCCCCCCCCCCCCC)OC(=O)CCCCCCCCCCCCCC. The summed E-state index contributed by atoms with van der Waals surface area (Å²) in [5.74, 6) is -0.979. The van der Waals surface area contributed by atoms with Crippen LogP contribution in [0.3, 0.4) is 0 Å². The summed E-state index contributed by atoms with van der Waals surface area (Å²) in [7, 11) is 0. The van der Waals surface area contributed by atoms with Gasteiger partial charge in [-0.15, -0.1) is 0 Å². The van der Waals surface area contributed by atoms with E-state index < -0.39 is 6.10 Å². The highest BCUT2D eigenvalue weighted by molar-refractivity contribution is 5.71. The number of hydrogen-bond acceptors (Lipinski definition) is 6.